The Morgan fingerprint density at radius 1 is 1.00 bits per heavy atom. The van der Waals surface area contributed by atoms with Crippen molar-refractivity contribution in [1.29, 1.82) is 0 Å². The molecule has 0 radical (unpaired) electrons. The maximum Gasteiger partial charge on any atom is 0.306 e. The van der Waals surface area contributed by atoms with E-state index in [0.29, 0.717) is 45.9 Å². The average molecular weight is 282 g/mol. The van der Waals surface area contributed by atoms with Crippen LogP contribution in [-0.2, 0) is 25.6 Å². The summed E-state index contributed by atoms with van der Waals surface area (Å²) in [5.41, 5.74) is 0.984. The van der Waals surface area contributed by atoms with Crippen LogP contribution in [0, 0.1) is 0 Å². The van der Waals surface area contributed by atoms with Crippen LogP contribution < -0.4 is 0 Å². The molecule has 0 unspecified atom stereocenters. The maximum atomic E-state index is 11.5. The van der Waals surface area contributed by atoms with Gasteiger partial charge in [0.05, 0.1) is 26.4 Å². The lowest BCUT2D eigenvalue weighted by Crippen LogP contribution is -2.09. The second kappa shape index (κ2) is 11.4. The monoisotopic (exact) mass is 282 g/mol. The molecule has 0 spiro atoms. The van der Waals surface area contributed by atoms with Gasteiger partial charge < -0.3 is 19.3 Å². The Morgan fingerprint density at radius 3 is 2.40 bits per heavy atom. The Bertz CT molecular complexity index is 353. The van der Waals surface area contributed by atoms with Crippen LogP contribution >= 0.6 is 0 Å². The first-order chi connectivity index (χ1) is 9.83. The lowest BCUT2D eigenvalue weighted by Gasteiger charge is -2.06. The molecule has 5 nitrogen and oxygen atoms in total. The van der Waals surface area contributed by atoms with E-state index in [-0.39, 0.29) is 12.6 Å². The molecular formula is C15H22O5. The van der Waals surface area contributed by atoms with Crippen molar-refractivity contribution in [1.82, 2.24) is 0 Å². The van der Waals surface area contributed by atoms with Gasteiger partial charge in [0, 0.05) is 13.0 Å². The fourth-order valence-electron chi connectivity index (χ4n) is 1.52. The topological polar surface area (TPSA) is 65.0 Å². The van der Waals surface area contributed by atoms with Crippen molar-refractivity contribution in [2.75, 3.05) is 33.0 Å². The van der Waals surface area contributed by atoms with Gasteiger partial charge in [0.2, 0.25) is 0 Å². The second-order valence-electron chi connectivity index (χ2n) is 4.20. The third kappa shape index (κ3) is 8.63. The Balaban J connectivity index is 1.93. The number of rotatable bonds is 11. The summed E-state index contributed by atoms with van der Waals surface area (Å²) >= 11 is 0. The van der Waals surface area contributed by atoms with Gasteiger partial charge in [-0.15, -0.1) is 0 Å². The van der Waals surface area contributed by atoms with Crippen LogP contribution in [0.4, 0.5) is 0 Å². The first-order valence-electron chi connectivity index (χ1n) is 6.79. The van der Waals surface area contributed by atoms with Crippen LogP contribution in [-0.4, -0.2) is 44.1 Å². The zero-order valence-corrected chi connectivity index (χ0v) is 11.6. The van der Waals surface area contributed by atoms with Crippen LogP contribution in [0.15, 0.2) is 30.3 Å². The van der Waals surface area contributed by atoms with E-state index in [2.05, 4.69) is 0 Å². The minimum atomic E-state index is -0.214. The van der Waals surface area contributed by atoms with Gasteiger partial charge in [-0.2, -0.15) is 0 Å². The molecule has 0 aromatic heterocycles. The quantitative estimate of drug-likeness (QED) is 0.492. The number of ether oxygens (including phenoxy) is 3. The highest BCUT2D eigenvalue weighted by molar-refractivity contribution is 5.69. The fraction of sp³-hybridized carbons (Fsp3) is 0.533. The zero-order chi connectivity index (χ0) is 14.5. The molecule has 112 valence electrons. The number of aliphatic hydroxyl groups is 1. The highest BCUT2D eigenvalue weighted by Crippen LogP contribution is 2.02. The summed E-state index contributed by atoms with van der Waals surface area (Å²) in [6.45, 7) is 2.10. The van der Waals surface area contributed by atoms with Gasteiger partial charge in [0.15, 0.2) is 0 Å². The summed E-state index contributed by atoms with van der Waals surface area (Å²) < 4.78 is 15.5. The first kappa shape index (κ1) is 16.6. The van der Waals surface area contributed by atoms with Crippen LogP contribution in [0.1, 0.15) is 18.4 Å². The first-order valence-corrected chi connectivity index (χ1v) is 6.79. The lowest BCUT2D eigenvalue weighted by molar-refractivity contribution is -0.145. The van der Waals surface area contributed by atoms with Crippen molar-refractivity contribution in [2.24, 2.45) is 0 Å². The molecule has 0 saturated heterocycles. The number of benzene rings is 1. The standard InChI is InChI=1S/C15H22O5/c16-8-10-19-12-11-18-9-4-7-15(17)20-13-14-5-2-1-3-6-14/h1-3,5-6,16H,4,7-13H2. The van der Waals surface area contributed by atoms with Crippen molar-refractivity contribution in [2.45, 2.75) is 19.4 Å². The zero-order valence-electron chi connectivity index (χ0n) is 11.6. The van der Waals surface area contributed by atoms with E-state index in [1.807, 2.05) is 30.3 Å². The molecule has 5 heteroatoms. The summed E-state index contributed by atoms with van der Waals surface area (Å²) in [6, 6.07) is 9.59. The molecule has 0 amide bonds. The van der Waals surface area contributed by atoms with Crippen molar-refractivity contribution >= 4 is 5.97 Å². The third-order valence-electron chi connectivity index (χ3n) is 2.52. The molecule has 20 heavy (non-hydrogen) atoms. The van der Waals surface area contributed by atoms with Crippen molar-refractivity contribution < 1.29 is 24.1 Å². The van der Waals surface area contributed by atoms with E-state index in [1.165, 1.54) is 0 Å². The van der Waals surface area contributed by atoms with Gasteiger partial charge >= 0.3 is 5.97 Å². The highest BCUT2D eigenvalue weighted by atomic mass is 16.5. The number of carbonyl (C=O) groups excluding carboxylic acids is 1. The van der Waals surface area contributed by atoms with E-state index < -0.39 is 0 Å². The summed E-state index contributed by atoms with van der Waals surface area (Å²) in [6.07, 6.45) is 0.984. The minimum Gasteiger partial charge on any atom is -0.461 e. The van der Waals surface area contributed by atoms with Crippen LogP contribution in [0.25, 0.3) is 0 Å². The summed E-state index contributed by atoms with van der Waals surface area (Å²) in [5, 5.41) is 8.48. The Morgan fingerprint density at radius 2 is 1.70 bits per heavy atom. The van der Waals surface area contributed by atoms with Crippen LogP contribution in [0.3, 0.4) is 0 Å². The van der Waals surface area contributed by atoms with Crippen LogP contribution in [0.2, 0.25) is 0 Å². The molecule has 1 aromatic carbocycles. The molecule has 0 saturated carbocycles. The third-order valence-corrected chi connectivity index (χ3v) is 2.52. The lowest BCUT2D eigenvalue weighted by atomic mass is 10.2. The molecule has 0 aliphatic rings. The second-order valence-corrected chi connectivity index (χ2v) is 4.20. The predicted molar refractivity (Wildman–Crippen MR) is 74.2 cm³/mol. The minimum absolute atomic E-state index is 0.0211. The summed E-state index contributed by atoms with van der Waals surface area (Å²) in [5.74, 6) is -0.214. The number of carbonyl (C=O) groups is 1. The molecule has 0 aliphatic carbocycles. The van der Waals surface area contributed by atoms with E-state index in [9.17, 15) is 4.79 Å². The SMILES string of the molecule is O=C(CCCOCCOCCO)OCc1ccccc1. The molecule has 1 rings (SSSR count). The van der Waals surface area contributed by atoms with Crippen molar-refractivity contribution in [3.63, 3.8) is 0 Å². The summed E-state index contributed by atoms with van der Waals surface area (Å²) in [4.78, 5) is 11.5. The molecule has 0 heterocycles. The Labute approximate surface area is 119 Å². The van der Waals surface area contributed by atoms with E-state index >= 15 is 0 Å². The van der Waals surface area contributed by atoms with E-state index in [4.69, 9.17) is 19.3 Å². The Kier molecular flexibility index (Phi) is 9.48. The van der Waals surface area contributed by atoms with Gasteiger partial charge in [-0.1, -0.05) is 30.3 Å². The van der Waals surface area contributed by atoms with Gasteiger partial charge in [-0.25, -0.2) is 0 Å². The number of hydrogen-bond donors (Lipinski definition) is 1. The van der Waals surface area contributed by atoms with Crippen molar-refractivity contribution in [3.8, 4) is 0 Å². The van der Waals surface area contributed by atoms with Gasteiger partial charge in [0.25, 0.3) is 0 Å². The highest BCUT2D eigenvalue weighted by Gasteiger charge is 2.03. The average Bonchev–Trinajstić information content (AvgIpc) is 2.49. The van der Waals surface area contributed by atoms with E-state index in [0.717, 1.165) is 5.56 Å². The molecule has 1 aromatic rings. The molecule has 0 aliphatic heterocycles. The van der Waals surface area contributed by atoms with Gasteiger partial charge in [-0.3, -0.25) is 4.79 Å². The van der Waals surface area contributed by atoms with Crippen LogP contribution in [0.5, 0.6) is 0 Å². The van der Waals surface area contributed by atoms with E-state index in [1.54, 1.807) is 0 Å². The Hall–Kier alpha value is -1.43. The number of esters is 1. The van der Waals surface area contributed by atoms with Gasteiger partial charge in [-0.05, 0) is 12.0 Å². The molecule has 1 N–H and O–H groups in total. The maximum absolute atomic E-state index is 11.5. The molecule has 0 fully saturated rings. The number of aliphatic hydroxyl groups excluding tert-OH is 1. The molecule has 0 bridgehead atoms. The van der Waals surface area contributed by atoms with Crippen molar-refractivity contribution in [3.05, 3.63) is 35.9 Å². The van der Waals surface area contributed by atoms with Gasteiger partial charge in [0.1, 0.15) is 6.61 Å². The predicted octanol–water partition coefficient (Wildman–Crippen LogP) is 1.54. The molecular weight excluding hydrogens is 260 g/mol. The number of hydrogen-bond acceptors (Lipinski definition) is 5. The largest absolute Gasteiger partial charge is 0.461 e. The fourth-order valence-corrected chi connectivity index (χ4v) is 1.52. The smallest absolute Gasteiger partial charge is 0.306 e. The summed E-state index contributed by atoms with van der Waals surface area (Å²) in [7, 11) is 0. The molecule has 0 atom stereocenters. The normalized spacial score (nSPS) is 10.4.